The Bertz CT molecular complexity index is 1550. The number of H-pyrrole nitrogens is 1. The fourth-order valence-corrected chi connectivity index (χ4v) is 5.68. The fourth-order valence-electron chi connectivity index (χ4n) is 4.65. The number of carbonyl (C=O) groups excluding carboxylic acids is 1. The number of nitrogens with one attached hydrogen (secondary N) is 3. The van der Waals surface area contributed by atoms with Gasteiger partial charge in [0.05, 0.1) is 16.8 Å². The lowest BCUT2D eigenvalue weighted by molar-refractivity contribution is 0.0695. The molecule has 4 aromatic rings. The first-order chi connectivity index (χ1) is 18.1. The number of pyridine rings is 1. The lowest BCUT2D eigenvalue weighted by atomic mass is 9.87. The Balaban J connectivity index is 1.50. The number of sulfonamides is 1. The van der Waals surface area contributed by atoms with Crippen molar-refractivity contribution in [2.75, 3.05) is 17.9 Å². The largest absolute Gasteiger partial charge is 0.381 e. The number of hydrogen-bond acceptors (Lipinski definition) is 5. The van der Waals surface area contributed by atoms with E-state index in [9.17, 15) is 13.2 Å². The SMILES string of the molecule is CC(C)(C)c1ccc(S(=O)(=O)Nc2cnc3[nH]c(C(=O)NC4CCOCC4)c(-c4ccccc4)c3c2)cc1. The van der Waals surface area contributed by atoms with E-state index < -0.39 is 10.0 Å². The van der Waals surface area contributed by atoms with Gasteiger partial charge in [0, 0.05) is 30.2 Å². The summed E-state index contributed by atoms with van der Waals surface area (Å²) in [6, 6.07) is 18.2. The highest BCUT2D eigenvalue weighted by Gasteiger charge is 2.24. The minimum Gasteiger partial charge on any atom is -0.381 e. The van der Waals surface area contributed by atoms with E-state index in [2.05, 4.69) is 40.8 Å². The fraction of sp³-hybridized carbons (Fsp3) is 0.310. The Kier molecular flexibility index (Phi) is 6.98. The van der Waals surface area contributed by atoms with Gasteiger partial charge in [-0.25, -0.2) is 13.4 Å². The molecule has 0 aliphatic carbocycles. The third kappa shape index (κ3) is 5.44. The molecular formula is C29H32N4O4S. The van der Waals surface area contributed by atoms with Crippen LogP contribution in [0.5, 0.6) is 0 Å². The van der Waals surface area contributed by atoms with Gasteiger partial charge in [0.2, 0.25) is 0 Å². The van der Waals surface area contributed by atoms with Crippen molar-refractivity contribution in [3.8, 4) is 11.1 Å². The molecule has 0 atom stereocenters. The Morgan fingerprint density at radius 2 is 1.71 bits per heavy atom. The first-order valence-corrected chi connectivity index (χ1v) is 14.2. The molecule has 1 aliphatic heterocycles. The van der Waals surface area contributed by atoms with Crippen LogP contribution in [0, 0.1) is 0 Å². The van der Waals surface area contributed by atoms with Gasteiger partial charge in [-0.05, 0) is 47.6 Å². The van der Waals surface area contributed by atoms with Crippen LogP contribution in [0.25, 0.3) is 22.2 Å². The van der Waals surface area contributed by atoms with Crippen molar-refractivity contribution in [3.05, 3.63) is 78.1 Å². The van der Waals surface area contributed by atoms with E-state index in [1.54, 1.807) is 18.2 Å². The highest BCUT2D eigenvalue weighted by molar-refractivity contribution is 7.92. The minimum absolute atomic E-state index is 0.0336. The summed E-state index contributed by atoms with van der Waals surface area (Å²) >= 11 is 0. The average molecular weight is 533 g/mol. The normalized spacial score (nSPS) is 14.9. The van der Waals surface area contributed by atoms with Crippen molar-refractivity contribution < 1.29 is 17.9 Å². The number of fused-ring (bicyclic) bond motifs is 1. The molecule has 8 nitrogen and oxygen atoms in total. The number of nitrogens with zero attached hydrogens (tertiary/aromatic N) is 1. The topological polar surface area (TPSA) is 113 Å². The predicted octanol–water partition coefficient (Wildman–Crippen LogP) is 5.24. The first-order valence-electron chi connectivity index (χ1n) is 12.7. The van der Waals surface area contributed by atoms with Crippen molar-refractivity contribution >= 4 is 32.7 Å². The highest BCUT2D eigenvalue weighted by atomic mass is 32.2. The van der Waals surface area contributed by atoms with Crippen LogP contribution < -0.4 is 10.0 Å². The quantitative estimate of drug-likeness (QED) is 0.314. The van der Waals surface area contributed by atoms with Gasteiger partial charge >= 0.3 is 0 Å². The summed E-state index contributed by atoms with van der Waals surface area (Å²) in [6.07, 6.45) is 2.97. The third-order valence-corrected chi connectivity index (χ3v) is 8.18. The van der Waals surface area contributed by atoms with Crippen LogP contribution in [-0.4, -0.2) is 43.5 Å². The molecule has 3 heterocycles. The number of ether oxygens (including phenoxy) is 1. The Morgan fingerprint density at radius 1 is 1.03 bits per heavy atom. The molecule has 2 aromatic heterocycles. The van der Waals surface area contributed by atoms with Gasteiger partial charge in [0.1, 0.15) is 11.3 Å². The lowest BCUT2D eigenvalue weighted by Crippen LogP contribution is -2.39. The summed E-state index contributed by atoms with van der Waals surface area (Å²) in [5.41, 5.74) is 3.67. The van der Waals surface area contributed by atoms with E-state index >= 15 is 0 Å². The molecule has 1 fully saturated rings. The molecule has 0 radical (unpaired) electrons. The number of amides is 1. The number of carbonyl (C=O) groups is 1. The van der Waals surface area contributed by atoms with Gasteiger partial charge < -0.3 is 15.0 Å². The van der Waals surface area contributed by atoms with E-state index in [-0.39, 0.29) is 22.3 Å². The second kappa shape index (κ2) is 10.2. The van der Waals surface area contributed by atoms with Crippen LogP contribution in [0.15, 0.2) is 71.8 Å². The standard InChI is InChI=1S/C29H32N4O4S/c1-29(2,3)20-9-11-23(12-10-20)38(35,36)33-22-17-24-25(19-7-5-4-6-8-19)26(32-27(24)30-18-22)28(34)31-21-13-15-37-16-14-21/h4-12,17-18,21,33H,13-16H2,1-3H3,(H,30,32)(H,31,34). The predicted molar refractivity (Wildman–Crippen MR) is 149 cm³/mol. The number of hydrogen-bond donors (Lipinski definition) is 3. The van der Waals surface area contributed by atoms with Crippen molar-refractivity contribution in [1.82, 2.24) is 15.3 Å². The summed E-state index contributed by atoms with van der Waals surface area (Å²) in [5.74, 6) is -0.227. The van der Waals surface area contributed by atoms with Crippen molar-refractivity contribution in [2.24, 2.45) is 0 Å². The van der Waals surface area contributed by atoms with Gasteiger partial charge in [0.15, 0.2) is 0 Å². The molecule has 1 saturated heterocycles. The van der Waals surface area contributed by atoms with Gasteiger partial charge in [-0.3, -0.25) is 9.52 Å². The zero-order valence-electron chi connectivity index (χ0n) is 21.7. The maximum absolute atomic E-state index is 13.4. The molecule has 9 heteroatoms. The Hall–Kier alpha value is -3.69. The molecular weight excluding hydrogens is 500 g/mol. The van der Waals surface area contributed by atoms with Crippen molar-refractivity contribution in [1.29, 1.82) is 0 Å². The van der Waals surface area contributed by atoms with Crippen LogP contribution in [0.2, 0.25) is 0 Å². The average Bonchev–Trinajstić information content (AvgIpc) is 3.28. The number of aromatic nitrogens is 2. The first kappa shape index (κ1) is 25.9. The summed E-state index contributed by atoms with van der Waals surface area (Å²) in [4.78, 5) is 21.1. The second-order valence-electron chi connectivity index (χ2n) is 10.6. The monoisotopic (exact) mass is 532 g/mol. The third-order valence-electron chi connectivity index (χ3n) is 6.78. The van der Waals surface area contributed by atoms with Crippen LogP contribution in [0.3, 0.4) is 0 Å². The summed E-state index contributed by atoms with van der Waals surface area (Å²) in [6.45, 7) is 7.47. The van der Waals surface area contributed by atoms with Crippen LogP contribution in [-0.2, 0) is 20.2 Å². The van der Waals surface area contributed by atoms with E-state index in [1.807, 2.05) is 42.5 Å². The highest BCUT2D eigenvalue weighted by Crippen LogP contribution is 2.34. The molecule has 0 spiro atoms. The van der Waals surface area contributed by atoms with Crippen LogP contribution in [0.1, 0.15) is 49.7 Å². The molecule has 0 bridgehead atoms. The summed E-state index contributed by atoms with van der Waals surface area (Å²) < 4.78 is 34.4. The van der Waals surface area contributed by atoms with Gasteiger partial charge in [-0.1, -0.05) is 63.2 Å². The number of benzene rings is 2. The Labute approximate surface area is 222 Å². The van der Waals surface area contributed by atoms with Crippen molar-refractivity contribution in [3.63, 3.8) is 0 Å². The molecule has 3 N–H and O–H groups in total. The summed E-state index contributed by atoms with van der Waals surface area (Å²) in [5, 5.41) is 3.76. The molecule has 0 saturated carbocycles. The van der Waals surface area contributed by atoms with Crippen LogP contribution >= 0.6 is 0 Å². The van der Waals surface area contributed by atoms with Gasteiger partial charge in [-0.15, -0.1) is 0 Å². The number of anilines is 1. The van der Waals surface area contributed by atoms with Gasteiger partial charge in [-0.2, -0.15) is 0 Å². The smallest absolute Gasteiger partial charge is 0.268 e. The van der Waals surface area contributed by atoms with Crippen molar-refractivity contribution in [2.45, 2.75) is 50.0 Å². The molecule has 38 heavy (non-hydrogen) atoms. The van der Waals surface area contributed by atoms with E-state index in [0.29, 0.717) is 41.2 Å². The molecule has 1 aliphatic rings. The van der Waals surface area contributed by atoms with Crippen LogP contribution in [0.4, 0.5) is 5.69 Å². The maximum Gasteiger partial charge on any atom is 0.268 e. The lowest BCUT2D eigenvalue weighted by Gasteiger charge is -2.23. The second-order valence-corrected chi connectivity index (χ2v) is 12.3. The Morgan fingerprint density at radius 3 is 2.37 bits per heavy atom. The maximum atomic E-state index is 13.4. The van der Waals surface area contributed by atoms with E-state index in [4.69, 9.17) is 4.74 Å². The minimum atomic E-state index is -3.84. The van der Waals surface area contributed by atoms with E-state index in [1.165, 1.54) is 6.20 Å². The summed E-state index contributed by atoms with van der Waals surface area (Å²) in [7, 11) is -3.84. The van der Waals surface area contributed by atoms with Gasteiger partial charge in [0.25, 0.3) is 15.9 Å². The molecule has 2 aromatic carbocycles. The molecule has 198 valence electrons. The molecule has 0 unspecified atom stereocenters. The number of aromatic amines is 1. The zero-order valence-corrected chi connectivity index (χ0v) is 22.6. The van der Waals surface area contributed by atoms with E-state index in [0.717, 1.165) is 24.0 Å². The number of rotatable bonds is 6. The zero-order chi connectivity index (χ0) is 26.9. The molecule has 5 rings (SSSR count). The molecule has 1 amide bonds.